The van der Waals surface area contributed by atoms with Crippen LogP contribution in [0.5, 0.6) is 5.75 Å². The van der Waals surface area contributed by atoms with Crippen molar-refractivity contribution in [1.29, 1.82) is 0 Å². The lowest BCUT2D eigenvalue weighted by Crippen LogP contribution is -2.32. The minimum absolute atomic E-state index is 0.00495. The Labute approximate surface area is 230 Å². The van der Waals surface area contributed by atoms with E-state index < -0.39 is 35.8 Å². The van der Waals surface area contributed by atoms with Gasteiger partial charge in [-0.05, 0) is 75.0 Å². The number of hydrogen-bond donors (Lipinski definition) is 2. The van der Waals surface area contributed by atoms with Crippen LogP contribution in [0.4, 0.5) is 22.0 Å². The van der Waals surface area contributed by atoms with Crippen molar-refractivity contribution in [3.8, 4) is 17.0 Å². The predicted molar refractivity (Wildman–Crippen MR) is 137 cm³/mol. The molecule has 0 spiro atoms. The average Bonchev–Trinajstić information content (AvgIpc) is 3.18. The fourth-order valence-electron chi connectivity index (χ4n) is 4.83. The van der Waals surface area contributed by atoms with Crippen LogP contribution < -0.4 is 10.1 Å². The minimum atomic E-state index is -4.32. The van der Waals surface area contributed by atoms with Crippen molar-refractivity contribution >= 4 is 28.2 Å². The molecule has 1 saturated carbocycles. The van der Waals surface area contributed by atoms with Gasteiger partial charge in [0.15, 0.2) is 5.69 Å². The van der Waals surface area contributed by atoms with Gasteiger partial charge in [-0.3, -0.25) is 9.48 Å². The Balaban J connectivity index is 1.77. The molecular weight excluding hydrogens is 569 g/mol. The number of thiol groups is 1. The summed E-state index contributed by atoms with van der Waals surface area (Å²) in [6.07, 6.45) is -2.45. The number of halogens is 6. The Hall–Kier alpha value is -2.41. The van der Waals surface area contributed by atoms with Gasteiger partial charge in [0.25, 0.3) is 5.91 Å². The molecule has 0 bridgehead atoms. The number of hydrogen-bond acceptors (Lipinski definition) is 5. The number of nitrogens with zero attached hydrogens (tertiary/aromatic N) is 2. The molecule has 1 aromatic carbocycles. The van der Waals surface area contributed by atoms with Crippen molar-refractivity contribution in [3.63, 3.8) is 0 Å². The second kappa shape index (κ2) is 13.8. The minimum Gasteiger partial charge on any atom is -0.434 e. The van der Waals surface area contributed by atoms with Crippen LogP contribution in [0.25, 0.3) is 11.3 Å². The summed E-state index contributed by atoms with van der Waals surface area (Å²) >= 11 is 6.54. The van der Waals surface area contributed by atoms with E-state index in [0.29, 0.717) is 12.1 Å². The molecule has 0 atom stereocenters. The third kappa shape index (κ3) is 9.06. The van der Waals surface area contributed by atoms with Crippen molar-refractivity contribution in [2.45, 2.75) is 71.2 Å². The van der Waals surface area contributed by atoms with Crippen molar-refractivity contribution in [2.75, 3.05) is 12.3 Å². The first-order chi connectivity index (χ1) is 18.4. The second-order valence-electron chi connectivity index (χ2n) is 9.62. The second-order valence-corrected chi connectivity index (χ2v) is 11.0. The maximum Gasteiger partial charge on any atom is 0.389 e. The number of benzene rings is 1. The molecule has 14 heteroatoms. The molecule has 1 amide bonds. The molecule has 0 unspecified atom stereocenters. The van der Waals surface area contributed by atoms with Crippen molar-refractivity contribution in [3.05, 3.63) is 34.5 Å². The van der Waals surface area contributed by atoms with Gasteiger partial charge in [0.05, 0.1) is 16.5 Å². The van der Waals surface area contributed by atoms with Gasteiger partial charge in [-0.25, -0.2) is 8.42 Å². The summed E-state index contributed by atoms with van der Waals surface area (Å²) in [5, 5.41) is 7.01. The summed E-state index contributed by atoms with van der Waals surface area (Å²) in [6.45, 7) is -0.873. The zero-order chi connectivity index (χ0) is 28.7. The summed E-state index contributed by atoms with van der Waals surface area (Å²) < 4.78 is 91.9. The fraction of sp³-hybridized carbons (Fsp3) is 0.600. The van der Waals surface area contributed by atoms with Gasteiger partial charge >= 0.3 is 12.8 Å². The van der Waals surface area contributed by atoms with Crippen molar-refractivity contribution < 1.29 is 39.9 Å². The predicted octanol–water partition coefficient (Wildman–Crippen LogP) is 5.86. The standard InChI is InChI=1S/C25H31ClF5N3O4S/c1-2-34-22(18-10-9-15(4-3-11-25(29,30)31)12-19(18)38-24(27)28)20(26)21(33-34)23(35)32-13-16-5-7-17(8-6-16)14-39(36)37/h9-10,12,16-17,24,39H,2-8,11,13-14H2,1H3,(H,32,35)/t16-,17-. The molecular formula is C25H31ClF5N3O4S. The number of carbonyl (C=O) groups excluding carboxylic acids is 1. The molecule has 39 heavy (non-hydrogen) atoms. The summed E-state index contributed by atoms with van der Waals surface area (Å²) in [7, 11) is -2.41. The van der Waals surface area contributed by atoms with E-state index in [0.717, 1.165) is 25.7 Å². The smallest absolute Gasteiger partial charge is 0.389 e. The van der Waals surface area contributed by atoms with Crippen LogP contribution in [0.15, 0.2) is 18.2 Å². The highest BCUT2D eigenvalue weighted by Crippen LogP contribution is 2.39. The summed E-state index contributed by atoms with van der Waals surface area (Å²) in [5.41, 5.74) is 0.590. The lowest BCUT2D eigenvalue weighted by molar-refractivity contribution is -0.135. The van der Waals surface area contributed by atoms with Gasteiger partial charge in [-0.15, -0.1) is 0 Å². The maximum absolute atomic E-state index is 13.2. The van der Waals surface area contributed by atoms with Crippen LogP contribution >= 0.6 is 11.6 Å². The van der Waals surface area contributed by atoms with Gasteiger partial charge in [0.2, 0.25) is 0 Å². The quantitative estimate of drug-likeness (QED) is 0.236. The number of aryl methyl sites for hydroxylation is 2. The Morgan fingerprint density at radius 2 is 1.87 bits per heavy atom. The third-order valence-electron chi connectivity index (χ3n) is 6.78. The molecule has 1 aromatic heterocycles. The number of aromatic nitrogens is 2. The van der Waals surface area contributed by atoms with Crippen molar-refractivity contribution in [1.82, 2.24) is 15.1 Å². The zero-order valence-corrected chi connectivity index (χ0v) is 22.9. The van der Waals surface area contributed by atoms with E-state index in [4.69, 9.17) is 11.6 Å². The fourth-order valence-corrected chi connectivity index (χ4v) is 5.94. The number of carbonyl (C=O) groups is 1. The van der Waals surface area contributed by atoms with Crippen LogP contribution in [0.3, 0.4) is 0 Å². The van der Waals surface area contributed by atoms with E-state index in [1.165, 1.54) is 22.9 Å². The number of nitrogens with one attached hydrogen (secondary N) is 1. The Morgan fingerprint density at radius 3 is 2.46 bits per heavy atom. The molecule has 0 radical (unpaired) electrons. The highest BCUT2D eigenvalue weighted by Gasteiger charge is 2.28. The first-order valence-electron chi connectivity index (χ1n) is 12.7. The van der Waals surface area contributed by atoms with E-state index in [2.05, 4.69) is 15.2 Å². The number of alkyl halides is 5. The van der Waals surface area contributed by atoms with Crippen molar-refractivity contribution in [2.24, 2.45) is 11.8 Å². The first-order valence-corrected chi connectivity index (χ1v) is 14.4. The van der Waals surface area contributed by atoms with Crippen LogP contribution in [0, 0.1) is 11.8 Å². The van der Waals surface area contributed by atoms with Gasteiger partial charge in [-0.2, -0.15) is 27.1 Å². The summed E-state index contributed by atoms with van der Waals surface area (Å²) in [5.74, 6) is -0.339. The third-order valence-corrected chi connectivity index (χ3v) is 7.95. The Bertz CT molecular complexity index is 1200. The topological polar surface area (TPSA) is 90.3 Å². The normalized spacial score (nSPS) is 18.1. The van der Waals surface area contributed by atoms with Gasteiger partial charge in [0, 0.05) is 25.1 Å². The molecule has 218 valence electrons. The largest absolute Gasteiger partial charge is 0.434 e. The summed E-state index contributed by atoms with van der Waals surface area (Å²) in [6, 6.07) is 4.18. The zero-order valence-electron chi connectivity index (χ0n) is 21.3. The number of amides is 1. The molecule has 3 rings (SSSR count). The van der Waals surface area contributed by atoms with E-state index in [-0.39, 0.29) is 64.7 Å². The molecule has 1 heterocycles. The lowest BCUT2D eigenvalue weighted by Gasteiger charge is -2.27. The monoisotopic (exact) mass is 599 g/mol. The molecule has 0 saturated heterocycles. The van der Waals surface area contributed by atoms with E-state index in [1.807, 2.05) is 0 Å². The first kappa shape index (κ1) is 31.1. The Kier molecular flexibility index (Phi) is 11.0. The highest BCUT2D eigenvalue weighted by molar-refractivity contribution is 7.72. The summed E-state index contributed by atoms with van der Waals surface area (Å²) in [4.78, 5) is 13.0. The van der Waals surface area contributed by atoms with Gasteiger partial charge in [0.1, 0.15) is 16.5 Å². The highest BCUT2D eigenvalue weighted by atomic mass is 35.5. The van der Waals surface area contributed by atoms with Crippen LogP contribution in [0.2, 0.25) is 5.02 Å². The molecule has 0 aliphatic heterocycles. The molecule has 2 aromatic rings. The SMILES string of the molecule is CCn1nc(C(=O)NC[C@H]2CC[C@H](C[SH](=O)=O)CC2)c(Cl)c1-c1ccc(CCCC(F)(F)F)cc1OC(F)F. The number of ether oxygens (including phenoxy) is 1. The number of rotatable bonds is 12. The molecule has 1 aliphatic rings. The van der Waals surface area contributed by atoms with E-state index >= 15 is 0 Å². The lowest BCUT2D eigenvalue weighted by atomic mass is 9.83. The molecule has 1 fully saturated rings. The van der Waals surface area contributed by atoms with Crippen LogP contribution in [0.1, 0.15) is 61.5 Å². The Morgan fingerprint density at radius 1 is 1.21 bits per heavy atom. The van der Waals surface area contributed by atoms with Gasteiger partial charge < -0.3 is 10.1 Å². The molecule has 1 N–H and O–H groups in total. The average molecular weight is 600 g/mol. The van der Waals surface area contributed by atoms with Crippen LogP contribution in [-0.4, -0.2) is 49.2 Å². The van der Waals surface area contributed by atoms with E-state index in [9.17, 15) is 35.2 Å². The molecule has 1 aliphatic carbocycles. The van der Waals surface area contributed by atoms with Crippen LogP contribution in [-0.2, 0) is 23.7 Å². The van der Waals surface area contributed by atoms with Gasteiger partial charge in [-0.1, -0.05) is 17.7 Å². The molecule has 7 nitrogen and oxygen atoms in total. The van der Waals surface area contributed by atoms with E-state index in [1.54, 1.807) is 6.92 Å². The maximum atomic E-state index is 13.2.